The van der Waals surface area contributed by atoms with E-state index < -0.39 is 156 Å². The molecule has 0 aromatic carbocycles. The number of carboxylic acid groups (broad SMARTS) is 1. The first kappa shape index (κ1) is 71.3. The van der Waals surface area contributed by atoms with Crippen molar-refractivity contribution in [3.05, 3.63) is 33.1 Å². The highest BCUT2D eigenvalue weighted by molar-refractivity contribution is 6.04. The molecule has 15 N–H and O–H groups in total. The number of nitrogens with two attached hydrogens (primary N) is 1. The van der Waals surface area contributed by atoms with E-state index in [0.29, 0.717) is 19.4 Å². The molecule has 31 nitrogen and oxygen atoms in total. The SMILES string of the molecule is CCCCCCCCNC(=O)NC[C@H]1OC(O[C@H](C2C(=O)N(CCCCCCCC)C(=O)N2CCCNC(=O)C(NC(=O)C(NC(=O)NC(C(=O)O)C(C)C)C2CCN=C(N)N2)C(O)C(C)C)[C@H]2O[C@@H](n3ccc(=O)[nH]c3=O)[C@H](O)[C@@H]2O)[C@H](OC)[C@H]1O. The van der Waals surface area contributed by atoms with E-state index in [1.54, 1.807) is 27.7 Å². The maximum Gasteiger partial charge on any atom is 0.330 e. The third-order valence-electron chi connectivity index (χ3n) is 16.0. The smallest absolute Gasteiger partial charge is 0.330 e. The number of methoxy groups -OCH3 is 1. The molecule has 0 radical (unpaired) electrons. The van der Waals surface area contributed by atoms with E-state index in [0.717, 1.165) is 90.8 Å². The lowest BCUT2D eigenvalue weighted by atomic mass is 9.97. The van der Waals surface area contributed by atoms with Gasteiger partial charge in [-0.25, -0.2) is 24.0 Å². The number of H-pyrrole nitrogens is 1. The number of aliphatic carboxylic acids is 1. The summed E-state index contributed by atoms with van der Waals surface area (Å²) in [7, 11) is 1.25. The minimum absolute atomic E-state index is 0.0453. The predicted octanol–water partition coefficient (Wildman–Crippen LogP) is -1.24. The van der Waals surface area contributed by atoms with Gasteiger partial charge in [-0.15, -0.1) is 0 Å². The number of nitrogens with zero attached hydrogens (tertiary/aromatic N) is 4. The maximum absolute atomic E-state index is 15.1. The van der Waals surface area contributed by atoms with Gasteiger partial charge in [-0.05, 0) is 37.5 Å². The molecule has 9 amide bonds. The van der Waals surface area contributed by atoms with E-state index in [4.69, 9.17) is 24.7 Å². The molecule has 5 rings (SSSR count). The van der Waals surface area contributed by atoms with E-state index in [2.05, 4.69) is 61.0 Å². The zero-order valence-corrected chi connectivity index (χ0v) is 51.0. The fourth-order valence-corrected chi connectivity index (χ4v) is 10.9. The number of urea groups is 3. The van der Waals surface area contributed by atoms with Gasteiger partial charge in [0, 0.05) is 58.6 Å². The number of amides is 9. The molecule has 7 unspecified atom stereocenters. The van der Waals surface area contributed by atoms with Crippen molar-refractivity contribution in [1.82, 2.24) is 56.6 Å². The summed E-state index contributed by atoms with van der Waals surface area (Å²) in [5.74, 6) is -5.23. The monoisotopic (exact) mass is 1240 g/mol. The van der Waals surface area contributed by atoms with Gasteiger partial charge >= 0.3 is 29.8 Å². The van der Waals surface area contributed by atoms with Crippen molar-refractivity contribution >= 4 is 47.7 Å². The summed E-state index contributed by atoms with van der Waals surface area (Å²) in [5.41, 5.74) is 4.14. The van der Waals surface area contributed by atoms with E-state index in [1.165, 1.54) is 7.11 Å². The first-order chi connectivity index (χ1) is 41.4. The van der Waals surface area contributed by atoms with E-state index in [-0.39, 0.29) is 51.5 Å². The van der Waals surface area contributed by atoms with Crippen molar-refractivity contribution < 1.29 is 78.0 Å². The predicted molar refractivity (Wildman–Crippen MR) is 313 cm³/mol. The molecule has 0 bridgehead atoms. The number of imide groups is 1. The topological polar surface area (TPSA) is 441 Å². The zero-order valence-electron chi connectivity index (χ0n) is 51.0. The number of ether oxygens (including phenoxy) is 4. The molecule has 5 heterocycles. The lowest BCUT2D eigenvalue weighted by molar-refractivity contribution is -0.233. The number of unbranched alkanes of at least 4 members (excludes halogenated alkanes) is 10. The molecule has 0 spiro atoms. The molecule has 4 aliphatic heterocycles. The number of hydrogen-bond donors (Lipinski definition) is 14. The van der Waals surface area contributed by atoms with E-state index >= 15 is 4.79 Å². The van der Waals surface area contributed by atoms with Gasteiger partial charge in [0.05, 0.1) is 12.1 Å². The summed E-state index contributed by atoms with van der Waals surface area (Å²) in [5, 5.41) is 74.6. The Kier molecular flexibility index (Phi) is 28.6. The highest BCUT2D eigenvalue weighted by Gasteiger charge is 2.59. The van der Waals surface area contributed by atoms with Crippen molar-refractivity contribution in [2.45, 2.75) is 223 Å². The number of hydrogen-bond acceptors (Lipinski definition) is 20. The molecule has 1 aromatic heterocycles. The summed E-state index contributed by atoms with van der Waals surface area (Å²) in [6.07, 6.45) is -4.43. The number of carbonyl (C=O) groups is 7. The molecule has 0 aliphatic carbocycles. The van der Waals surface area contributed by atoms with Crippen molar-refractivity contribution in [2.75, 3.05) is 46.4 Å². The number of nitrogens with one attached hydrogen (secondary N) is 8. The van der Waals surface area contributed by atoms with E-state index in [1.807, 2.05) is 0 Å². The largest absolute Gasteiger partial charge is 0.480 e. The average molecular weight is 1240 g/mol. The van der Waals surface area contributed by atoms with Crippen LogP contribution in [0.5, 0.6) is 0 Å². The van der Waals surface area contributed by atoms with Crippen LogP contribution in [0.25, 0.3) is 0 Å². The lowest BCUT2D eigenvalue weighted by Gasteiger charge is -2.36. The molecular formula is C56H95N13O18. The molecular weight excluding hydrogens is 1140 g/mol. The van der Waals surface area contributed by atoms with Crippen LogP contribution in [0, 0.1) is 11.8 Å². The minimum Gasteiger partial charge on any atom is -0.480 e. The minimum atomic E-state index is -1.97. The summed E-state index contributed by atoms with van der Waals surface area (Å²) >= 11 is 0. The first-order valence-corrected chi connectivity index (χ1v) is 30.6. The highest BCUT2D eigenvalue weighted by atomic mass is 16.7. The summed E-state index contributed by atoms with van der Waals surface area (Å²) < 4.78 is 25.5. The number of rotatable bonds is 36. The number of carboxylic acids is 1. The second-order valence-corrected chi connectivity index (χ2v) is 23.2. The van der Waals surface area contributed by atoms with Gasteiger partial charge in [0.15, 0.2) is 18.5 Å². The zero-order chi connectivity index (χ0) is 64.1. The van der Waals surface area contributed by atoms with Gasteiger partial charge in [-0.2, -0.15) is 0 Å². The average Bonchev–Trinajstić information content (AvgIpc) is 1.64. The first-order valence-electron chi connectivity index (χ1n) is 30.6. The summed E-state index contributed by atoms with van der Waals surface area (Å²) in [4.78, 5) is 130. The Labute approximate surface area is 506 Å². The number of aromatic amines is 1. The Bertz CT molecular complexity index is 2570. The van der Waals surface area contributed by atoms with Gasteiger partial charge in [0.2, 0.25) is 11.8 Å². The molecule has 492 valence electrons. The van der Waals surface area contributed by atoms with Crippen LogP contribution < -0.4 is 54.2 Å². The summed E-state index contributed by atoms with van der Waals surface area (Å²) in [6, 6.07) is -8.50. The van der Waals surface area contributed by atoms with Crippen LogP contribution >= 0.6 is 0 Å². The van der Waals surface area contributed by atoms with Crippen LogP contribution in [0.1, 0.15) is 138 Å². The number of carbonyl (C=O) groups excluding carboxylic acids is 6. The normalized spacial score (nSPS) is 25.6. The Morgan fingerprint density at radius 1 is 0.770 bits per heavy atom. The number of guanidine groups is 1. The van der Waals surface area contributed by atoms with Gasteiger partial charge in [-0.1, -0.05) is 106 Å². The van der Waals surface area contributed by atoms with Crippen LogP contribution in [0.4, 0.5) is 14.4 Å². The summed E-state index contributed by atoms with van der Waals surface area (Å²) in [6.45, 7) is 10.2. The van der Waals surface area contributed by atoms with Crippen molar-refractivity contribution in [3.63, 3.8) is 0 Å². The standard InChI is InChI=1S/C56H95N13O18/c1-8-10-12-14-16-18-23-60-53(80)61-29-33-40(72)45(84-7)51(85-33)87-43(44-41(73)42(74)49(86-44)69-28-22-34(70)63-55(69)82)38-48(77)68(26-19-17-15-13-11-9-2)56(83)67(38)27-20-24-58-46(75)37(39(71)31(5)6)64-47(76)36(32-21-25-59-52(57)62-32)66-54(81)65-35(30(3)4)50(78)79/h22,28,30-33,35-45,49,51,71-74H,8-21,23-27,29H2,1-7H3,(H,58,75)(H,64,76)(H,78,79)(H3,57,59,62)(H2,60,61,80)(H,63,70,82)(H2,65,66,81)/t32?,33-,35?,36?,37?,38?,39?,40+,41+,42-,43-,44+,45-,49-,51?/m1/s1. The Balaban J connectivity index is 1.43. The number of aliphatic imine (C=N–C) groups is 1. The Hall–Kier alpha value is -6.48. The quantitative estimate of drug-likeness (QED) is 0.0276. The van der Waals surface area contributed by atoms with Crippen LogP contribution in [-0.2, 0) is 38.1 Å². The Morgan fingerprint density at radius 3 is 2.05 bits per heavy atom. The molecule has 3 fully saturated rings. The molecule has 31 heteroatoms. The van der Waals surface area contributed by atoms with Crippen LogP contribution in [0.15, 0.2) is 26.8 Å². The second kappa shape index (κ2) is 34.9. The van der Waals surface area contributed by atoms with Gasteiger partial charge in [0.25, 0.3) is 11.5 Å². The van der Waals surface area contributed by atoms with Crippen LogP contribution in [-0.4, -0.2) is 224 Å². The van der Waals surface area contributed by atoms with E-state index in [9.17, 15) is 63.9 Å². The molecule has 1 aromatic rings. The number of aliphatic hydroxyl groups excluding tert-OH is 4. The van der Waals surface area contributed by atoms with Crippen LogP contribution in [0.3, 0.4) is 0 Å². The second-order valence-electron chi connectivity index (χ2n) is 23.2. The molecule has 3 saturated heterocycles. The van der Waals surface area contributed by atoms with Gasteiger partial charge in [0.1, 0.15) is 66.9 Å². The maximum atomic E-state index is 15.1. The van der Waals surface area contributed by atoms with Crippen molar-refractivity contribution in [2.24, 2.45) is 22.6 Å². The van der Waals surface area contributed by atoms with Crippen molar-refractivity contribution in [3.8, 4) is 0 Å². The highest BCUT2D eigenvalue weighted by Crippen LogP contribution is 2.38. The third kappa shape index (κ3) is 19.8. The Morgan fingerprint density at radius 2 is 1.43 bits per heavy atom. The van der Waals surface area contributed by atoms with Crippen molar-refractivity contribution in [1.29, 1.82) is 0 Å². The lowest BCUT2D eigenvalue weighted by Crippen LogP contribution is -2.66. The molecule has 4 aliphatic rings. The molecule has 87 heavy (non-hydrogen) atoms. The molecule has 15 atom stereocenters. The third-order valence-corrected chi connectivity index (χ3v) is 16.0. The number of aliphatic hydroxyl groups is 4. The fourth-order valence-electron chi connectivity index (χ4n) is 10.9. The van der Waals surface area contributed by atoms with Gasteiger partial charge in [-0.3, -0.25) is 38.6 Å². The number of aromatic nitrogens is 2. The van der Waals surface area contributed by atoms with Crippen LogP contribution in [0.2, 0.25) is 0 Å². The molecule has 0 saturated carbocycles. The van der Waals surface area contributed by atoms with Gasteiger partial charge < -0.3 is 92.3 Å². The fraction of sp³-hybridized carbons (Fsp3) is 0.786.